The van der Waals surface area contributed by atoms with Crippen LogP contribution in [0.4, 0.5) is 13.2 Å². The minimum absolute atomic E-state index is 0.197. The van der Waals surface area contributed by atoms with Gasteiger partial charge in [-0.3, -0.25) is 4.79 Å². The van der Waals surface area contributed by atoms with Crippen molar-refractivity contribution in [1.29, 1.82) is 0 Å². The van der Waals surface area contributed by atoms with E-state index in [1.165, 1.54) is 31.5 Å². The van der Waals surface area contributed by atoms with Crippen molar-refractivity contribution >= 4 is 16.8 Å². The van der Waals surface area contributed by atoms with Crippen LogP contribution in [0.1, 0.15) is 10.6 Å². The summed E-state index contributed by atoms with van der Waals surface area (Å²) in [6.07, 6.45) is -1.83. The zero-order valence-electron chi connectivity index (χ0n) is 12.9. The Morgan fingerprint density at radius 1 is 1.39 bits per heavy atom. The zero-order chi connectivity index (χ0) is 17.2. The van der Waals surface area contributed by atoms with Gasteiger partial charge in [0.2, 0.25) is 5.78 Å². The first-order valence-electron chi connectivity index (χ1n) is 6.71. The lowest BCUT2D eigenvalue weighted by Crippen LogP contribution is -2.21. The van der Waals surface area contributed by atoms with Gasteiger partial charge in [-0.25, -0.2) is 4.98 Å². The van der Waals surface area contributed by atoms with E-state index in [1.54, 1.807) is 25.1 Å². The molecule has 5 nitrogen and oxygen atoms in total. The van der Waals surface area contributed by atoms with Crippen LogP contribution >= 0.6 is 0 Å². The maximum atomic E-state index is 12.9. The third-order valence-electron chi connectivity index (χ3n) is 3.04. The molecule has 0 saturated heterocycles. The predicted octanol–water partition coefficient (Wildman–Crippen LogP) is 2.87. The van der Waals surface area contributed by atoms with Crippen LogP contribution in [0.15, 0.2) is 30.5 Å². The second-order valence-corrected chi connectivity index (χ2v) is 5.13. The van der Waals surface area contributed by atoms with E-state index in [0.717, 1.165) is 4.57 Å². The molecule has 0 N–H and O–H groups in total. The number of aromatic nitrogens is 2. The molecule has 1 heterocycles. The summed E-state index contributed by atoms with van der Waals surface area (Å²) >= 11 is 0. The molecule has 0 aliphatic rings. The molecule has 0 radical (unpaired) electrons. The van der Waals surface area contributed by atoms with Gasteiger partial charge in [-0.05, 0) is 12.1 Å². The normalized spacial score (nSPS) is 12.1. The Morgan fingerprint density at radius 3 is 2.65 bits per heavy atom. The number of alkyl halides is 3. The Bertz CT molecular complexity index is 748. The Kier molecular flexibility index (Phi) is 4.63. The van der Waals surface area contributed by atoms with Gasteiger partial charge in [0.05, 0.1) is 18.1 Å². The topological polar surface area (TPSA) is 47.4 Å². The number of rotatable bonds is 5. The quantitative estimate of drug-likeness (QED) is 0.626. The largest absolute Gasteiger partial charge is 0.497 e. The smallest absolute Gasteiger partial charge is 0.406 e. The molecule has 124 valence electrons. The molecule has 0 amide bonds. The number of carbonyl (C=O) groups is 1. The van der Waals surface area contributed by atoms with Crippen LogP contribution in [0.2, 0.25) is 0 Å². The maximum absolute atomic E-state index is 12.9. The first-order chi connectivity index (χ1) is 10.7. The van der Waals surface area contributed by atoms with Gasteiger partial charge in [0, 0.05) is 32.4 Å². The Morgan fingerprint density at radius 2 is 2.09 bits per heavy atom. The van der Waals surface area contributed by atoms with E-state index < -0.39 is 18.5 Å². The van der Waals surface area contributed by atoms with Crippen LogP contribution in [0.5, 0.6) is 5.75 Å². The summed E-state index contributed by atoms with van der Waals surface area (Å²) in [7, 11) is 4.82. The molecule has 0 aliphatic heterocycles. The number of benzene rings is 1. The zero-order valence-corrected chi connectivity index (χ0v) is 12.9. The van der Waals surface area contributed by atoms with Gasteiger partial charge in [0.25, 0.3) is 0 Å². The first kappa shape index (κ1) is 16.9. The minimum atomic E-state index is -4.48. The fourth-order valence-corrected chi connectivity index (χ4v) is 2.05. The molecule has 8 heteroatoms. The highest BCUT2D eigenvalue weighted by Crippen LogP contribution is 2.26. The van der Waals surface area contributed by atoms with Crippen LogP contribution in [0.25, 0.3) is 11.0 Å². The van der Waals surface area contributed by atoms with Crippen molar-refractivity contribution in [2.45, 2.75) is 12.7 Å². The highest BCUT2D eigenvalue weighted by Gasteiger charge is 2.31. The van der Waals surface area contributed by atoms with Crippen LogP contribution in [-0.4, -0.2) is 47.6 Å². The van der Waals surface area contributed by atoms with Gasteiger partial charge in [0.15, 0.2) is 5.82 Å². The summed E-state index contributed by atoms with van der Waals surface area (Å²) in [4.78, 5) is 17.8. The van der Waals surface area contributed by atoms with Gasteiger partial charge >= 0.3 is 6.18 Å². The van der Waals surface area contributed by atoms with E-state index in [4.69, 9.17) is 4.74 Å². The molecule has 2 rings (SSSR count). The molecule has 0 atom stereocenters. The Balaban J connectivity index is 2.58. The van der Waals surface area contributed by atoms with Crippen LogP contribution in [-0.2, 0) is 6.54 Å². The number of ketones is 1. The average molecular weight is 327 g/mol. The lowest BCUT2D eigenvalue weighted by atomic mass is 10.3. The van der Waals surface area contributed by atoms with Crippen LogP contribution in [0.3, 0.4) is 0 Å². The number of fused-ring (bicyclic) bond motifs is 1. The third-order valence-corrected chi connectivity index (χ3v) is 3.04. The number of nitrogens with zero attached hydrogens (tertiary/aromatic N) is 3. The van der Waals surface area contributed by atoms with Gasteiger partial charge in [0.1, 0.15) is 12.3 Å². The average Bonchev–Trinajstić information content (AvgIpc) is 2.80. The number of hydrogen-bond acceptors (Lipinski definition) is 4. The summed E-state index contributed by atoms with van der Waals surface area (Å²) in [5.41, 5.74) is 0.500. The van der Waals surface area contributed by atoms with E-state index in [1.807, 2.05) is 0 Å². The SMILES string of the molecule is COc1ccc2nc(C(=O)/C=C/N(C)C)n(CC(F)(F)F)c2c1. The first-order valence-corrected chi connectivity index (χ1v) is 6.71. The van der Waals surface area contributed by atoms with Crippen molar-refractivity contribution in [2.75, 3.05) is 21.2 Å². The summed E-state index contributed by atoms with van der Waals surface area (Å²) in [5.74, 6) is -0.467. The van der Waals surface area contributed by atoms with E-state index in [0.29, 0.717) is 11.3 Å². The molecular weight excluding hydrogens is 311 g/mol. The lowest BCUT2D eigenvalue weighted by molar-refractivity contribution is -0.140. The van der Waals surface area contributed by atoms with E-state index in [-0.39, 0.29) is 11.3 Å². The molecule has 2 aromatic rings. The molecule has 1 aromatic carbocycles. The summed E-state index contributed by atoms with van der Waals surface area (Å²) in [6, 6.07) is 4.53. The number of hydrogen-bond donors (Lipinski definition) is 0. The van der Waals surface area contributed by atoms with E-state index >= 15 is 0 Å². The summed E-state index contributed by atoms with van der Waals surface area (Å²) in [6.45, 7) is -1.30. The standard InChI is InChI=1S/C15H16F3N3O2/c1-20(2)7-6-13(22)14-19-11-5-4-10(23-3)8-12(11)21(14)9-15(16,17)18/h4-8H,9H2,1-3H3/b7-6+. The minimum Gasteiger partial charge on any atom is -0.497 e. The number of carbonyl (C=O) groups excluding carboxylic acids is 1. The molecule has 0 spiro atoms. The highest BCUT2D eigenvalue weighted by molar-refractivity contribution is 6.04. The summed E-state index contributed by atoms with van der Waals surface area (Å²) in [5, 5.41) is 0. The van der Waals surface area contributed by atoms with Crippen molar-refractivity contribution in [2.24, 2.45) is 0 Å². The fraction of sp³-hybridized carbons (Fsp3) is 0.333. The lowest BCUT2D eigenvalue weighted by Gasteiger charge is -2.11. The van der Waals surface area contributed by atoms with Crippen molar-refractivity contribution in [3.05, 3.63) is 36.3 Å². The molecule has 0 aliphatic carbocycles. The van der Waals surface area contributed by atoms with Gasteiger partial charge in [-0.1, -0.05) is 0 Å². The third kappa shape index (κ3) is 4.02. The van der Waals surface area contributed by atoms with E-state index in [9.17, 15) is 18.0 Å². The van der Waals surface area contributed by atoms with Gasteiger partial charge < -0.3 is 14.2 Å². The van der Waals surface area contributed by atoms with Gasteiger partial charge in [-0.2, -0.15) is 13.2 Å². The molecule has 0 bridgehead atoms. The second kappa shape index (κ2) is 6.31. The van der Waals surface area contributed by atoms with Crippen molar-refractivity contribution in [1.82, 2.24) is 14.5 Å². The molecule has 0 unspecified atom stereocenters. The molecule has 23 heavy (non-hydrogen) atoms. The number of imidazole rings is 1. The van der Waals surface area contributed by atoms with Crippen molar-refractivity contribution in [3.8, 4) is 5.75 Å². The number of halogens is 3. The predicted molar refractivity (Wildman–Crippen MR) is 79.5 cm³/mol. The monoisotopic (exact) mass is 327 g/mol. The summed E-state index contributed by atoms with van der Waals surface area (Å²) < 4.78 is 44.5. The molecule has 0 saturated carbocycles. The molecular formula is C15H16F3N3O2. The van der Waals surface area contributed by atoms with E-state index in [2.05, 4.69) is 4.98 Å². The van der Waals surface area contributed by atoms with Crippen molar-refractivity contribution < 1.29 is 22.7 Å². The number of ether oxygens (including phenoxy) is 1. The van der Waals surface area contributed by atoms with Crippen LogP contribution < -0.4 is 4.74 Å². The number of methoxy groups -OCH3 is 1. The number of allylic oxidation sites excluding steroid dienone is 1. The molecule has 0 fully saturated rings. The Labute approximate surface area is 131 Å². The highest BCUT2D eigenvalue weighted by atomic mass is 19.4. The van der Waals surface area contributed by atoms with Crippen molar-refractivity contribution in [3.63, 3.8) is 0 Å². The second-order valence-electron chi connectivity index (χ2n) is 5.13. The van der Waals surface area contributed by atoms with Gasteiger partial charge in [-0.15, -0.1) is 0 Å². The maximum Gasteiger partial charge on any atom is 0.406 e. The molecule has 1 aromatic heterocycles. The van der Waals surface area contributed by atoms with Crippen LogP contribution in [0, 0.1) is 0 Å². The Hall–Kier alpha value is -2.51. The fourth-order valence-electron chi connectivity index (χ4n) is 2.05.